The number of fused-ring (bicyclic) bond motifs is 1. The van der Waals surface area contributed by atoms with Crippen LogP contribution in [0.5, 0.6) is 0 Å². The Morgan fingerprint density at radius 2 is 1.97 bits per heavy atom. The van der Waals surface area contributed by atoms with E-state index in [2.05, 4.69) is 10.2 Å². The lowest BCUT2D eigenvalue weighted by Crippen LogP contribution is -2.27. The van der Waals surface area contributed by atoms with E-state index in [-0.39, 0.29) is 11.9 Å². The van der Waals surface area contributed by atoms with E-state index in [1.807, 2.05) is 42.5 Å². The van der Waals surface area contributed by atoms with Gasteiger partial charge >= 0.3 is 0 Å². The van der Waals surface area contributed by atoms with Gasteiger partial charge in [-0.1, -0.05) is 41.4 Å². The number of amides is 1. The number of benzene rings is 2. The average molecular weight is 429 g/mol. The summed E-state index contributed by atoms with van der Waals surface area (Å²) in [4.78, 5) is 19.8. The van der Waals surface area contributed by atoms with Crippen LogP contribution in [0, 0.1) is 0 Å². The number of hydrogen-bond acceptors (Lipinski definition) is 4. The van der Waals surface area contributed by atoms with Gasteiger partial charge in [-0.05, 0) is 48.7 Å². The molecule has 1 atom stereocenters. The van der Waals surface area contributed by atoms with Crippen molar-refractivity contribution in [2.45, 2.75) is 18.9 Å². The third-order valence-electron chi connectivity index (χ3n) is 5.22. The number of pyridine rings is 1. The van der Waals surface area contributed by atoms with E-state index in [0.717, 1.165) is 41.8 Å². The van der Waals surface area contributed by atoms with Crippen LogP contribution in [-0.2, 0) is 6.42 Å². The molecule has 1 aliphatic rings. The number of aromatic nitrogens is 1. The summed E-state index contributed by atoms with van der Waals surface area (Å²) >= 11 is 12.6. The minimum absolute atomic E-state index is 0.178. The molecule has 1 aromatic heterocycles. The summed E-state index contributed by atoms with van der Waals surface area (Å²) in [7, 11) is 0. The predicted octanol–water partition coefficient (Wildman–Crippen LogP) is 4.05. The van der Waals surface area contributed by atoms with Crippen molar-refractivity contribution in [3.8, 4) is 0 Å². The Morgan fingerprint density at radius 1 is 1.14 bits per heavy atom. The second kappa shape index (κ2) is 8.57. The SMILES string of the molecule is NC1CCN(c2ccc3c(C(=O)NCCc4ccccc4Cl)c(Cl)ccc3n2)C1. The van der Waals surface area contributed by atoms with E-state index < -0.39 is 0 Å². The Balaban J connectivity index is 1.53. The molecule has 3 N–H and O–H groups in total. The molecular weight excluding hydrogens is 407 g/mol. The molecule has 29 heavy (non-hydrogen) atoms. The van der Waals surface area contributed by atoms with Crippen LogP contribution >= 0.6 is 23.2 Å². The summed E-state index contributed by atoms with van der Waals surface area (Å²) in [5.74, 6) is 0.656. The fourth-order valence-corrected chi connectivity index (χ4v) is 4.15. The molecule has 150 valence electrons. The van der Waals surface area contributed by atoms with Crippen molar-refractivity contribution < 1.29 is 4.79 Å². The molecule has 7 heteroatoms. The molecule has 0 bridgehead atoms. The van der Waals surface area contributed by atoms with Crippen molar-refractivity contribution in [1.82, 2.24) is 10.3 Å². The van der Waals surface area contributed by atoms with Crippen molar-refractivity contribution in [1.29, 1.82) is 0 Å². The summed E-state index contributed by atoms with van der Waals surface area (Å²) < 4.78 is 0. The molecule has 3 aromatic rings. The third-order valence-corrected chi connectivity index (χ3v) is 5.90. The topological polar surface area (TPSA) is 71.2 Å². The molecule has 1 amide bonds. The van der Waals surface area contributed by atoms with E-state index >= 15 is 0 Å². The van der Waals surface area contributed by atoms with Gasteiger partial charge in [0.05, 0.1) is 16.1 Å². The van der Waals surface area contributed by atoms with Crippen molar-refractivity contribution in [3.63, 3.8) is 0 Å². The van der Waals surface area contributed by atoms with Gasteiger partial charge in [-0.15, -0.1) is 0 Å². The minimum Gasteiger partial charge on any atom is -0.355 e. The molecule has 0 spiro atoms. The van der Waals surface area contributed by atoms with Gasteiger partial charge in [-0.2, -0.15) is 0 Å². The van der Waals surface area contributed by atoms with Crippen molar-refractivity contribution in [2.24, 2.45) is 5.73 Å². The van der Waals surface area contributed by atoms with Crippen LogP contribution in [-0.4, -0.2) is 36.6 Å². The molecule has 1 aliphatic heterocycles. The van der Waals surface area contributed by atoms with E-state index in [1.54, 1.807) is 6.07 Å². The molecular formula is C22H22Cl2N4O. The molecule has 5 nitrogen and oxygen atoms in total. The van der Waals surface area contributed by atoms with Crippen molar-refractivity contribution >= 4 is 45.8 Å². The van der Waals surface area contributed by atoms with Gasteiger partial charge < -0.3 is 16.0 Å². The number of nitrogens with two attached hydrogens (primary N) is 1. The molecule has 1 saturated heterocycles. The maximum atomic E-state index is 12.9. The third kappa shape index (κ3) is 4.32. The van der Waals surface area contributed by atoms with Crippen LogP contribution in [0.2, 0.25) is 10.0 Å². The second-order valence-electron chi connectivity index (χ2n) is 7.25. The highest BCUT2D eigenvalue weighted by atomic mass is 35.5. The maximum Gasteiger partial charge on any atom is 0.253 e. The van der Waals surface area contributed by atoms with Gasteiger partial charge in [-0.25, -0.2) is 4.98 Å². The summed E-state index contributed by atoms with van der Waals surface area (Å²) in [6, 6.07) is 15.2. The zero-order valence-electron chi connectivity index (χ0n) is 15.9. The summed E-state index contributed by atoms with van der Waals surface area (Å²) in [5.41, 5.74) is 8.19. The number of hydrogen-bond donors (Lipinski definition) is 2. The molecule has 1 fully saturated rings. The summed E-state index contributed by atoms with van der Waals surface area (Å²) in [6.45, 7) is 2.15. The largest absolute Gasteiger partial charge is 0.355 e. The zero-order valence-corrected chi connectivity index (χ0v) is 17.4. The molecule has 2 heterocycles. The summed E-state index contributed by atoms with van der Waals surface area (Å²) in [5, 5.41) is 4.79. The standard InChI is InChI=1S/C22H22Cl2N4O/c23-17-4-2-1-3-14(17)9-11-26-22(29)21-16-5-8-20(28-12-10-15(25)13-28)27-19(16)7-6-18(21)24/h1-8,15H,9-13,25H2,(H,26,29). The van der Waals surface area contributed by atoms with Gasteiger partial charge in [0.2, 0.25) is 0 Å². The molecule has 1 unspecified atom stereocenters. The highest BCUT2D eigenvalue weighted by Crippen LogP contribution is 2.28. The Bertz CT molecular complexity index is 1060. The zero-order chi connectivity index (χ0) is 20.4. The first-order valence-corrected chi connectivity index (χ1v) is 10.4. The Labute approximate surface area is 179 Å². The average Bonchev–Trinajstić information content (AvgIpc) is 3.15. The van der Waals surface area contributed by atoms with Crippen LogP contribution in [0.4, 0.5) is 5.82 Å². The van der Waals surface area contributed by atoms with Gasteiger partial charge in [0.1, 0.15) is 5.82 Å². The number of carbonyl (C=O) groups excluding carboxylic acids is 1. The predicted molar refractivity (Wildman–Crippen MR) is 119 cm³/mol. The number of anilines is 1. The van der Waals surface area contributed by atoms with E-state index in [1.165, 1.54) is 0 Å². The van der Waals surface area contributed by atoms with Crippen LogP contribution in [0.15, 0.2) is 48.5 Å². The highest BCUT2D eigenvalue weighted by molar-refractivity contribution is 6.35. The normalized spacial score (nSPS) is 16.4. The lowest BCUT2D eigenvalue weighted by atomic mass is 10.1. The monoisotopic (exact) mass is 428 g/mol. The fourth-order valence-electron chi connectivity index (χ4n) is 3.67. The van der Waals surface area contributed by atoms with Crippen LogP contribution in [0.1, 0.15) is 22.3 Å². The van der Waals surface area contributed by atoms with Gasteiger partial charge in [0.25, 0.3) is 5.91 Å². The minimum atomic E-state index is -0.217. The first-order valence-electron chi connectivity index (χ1n) is 9.64. The number of rotatable bonds is 5. The van der Waals surface area contributed by atoms with Crippen LogP contribution in [0.25, 0.3) is 10.9 Å². The first-order chi connectivity index (χ1) is 14.0. The number of carbonyl (C=O) groups is 1. The quantitative estimate of drug-likeness (QED) is 0.642. The Morgan fingerprint density at radius 3 is 2.72 bits per heavy atom. The van der Waals surface area contributed by atoms with Crippen LogP contribution in [0.3, 0.4) is 0 Å². The first kappa shape index (κ1) is 20.0. The number of nitrogens with one attached hydrogen (secondary N) is 1. The lowest BCUT2D eigenvalue weighted by molar-refractivity contribution is 0.0956. The highest BCUT2D eigenvalue weighted by Gasteiger charge is 2.21. The van der Waals surface area contributed by atoms with Gasteiger partial charge in [0, 0.05) is 36.1 Å². The van der Waals surface area contributed by atoms with E-state index in [0.29, 0.717) is 28.6 Å². The Hall–Kier alpha value is -2.34. The maximum absolute atomic E-state index is 12.9. The molecule has 4 rings (SSSR count). The lowest BCUT2D eigenvalue weighted by Gasteiger charge is -2.18. The van der Waals surface area contributed by atoms with Crippen molar-refractivity contribution in [3.05, 3.63) is 69.7 Å². The fraction of sp³-hybridized carbons (Fsp3) is 0.273. The van der Waals surface area contributed by atoms with E-state index in [4.69, 9.17) is 33.9 Å². The summed E-state index contributed by atoms with van der Waals surface area (Å²) in [6.07, 6.45) is 1.60. The Kier molecular flexibility index (Phi) is 5.90. The smallest absolute Gasteiger partial charge is 0.253 e. The number of nitrogens with zero attached hydrogens (tertiary/aromatic N) is 2. The number of halogens is 2. The van der Waals surface area contributed by atoms with Crippen LogP contribution < -0.4 is 16.0 Å². The van der Waals surface area contributed by atoms with Gasteiger partial charge in [-0.3, -0.25) is 4.79 Å². The van der Waals surface area contributed by atoms with E-state index in [9.17, 15) is 4.79 Å². The molecule has 2 aromatic carbocycles. The molecule has 0 aliphatic carbocycles. The molecule has 0 saturated carbocycles. The van der Waals surface area contributed by atoms with Gasteiger partial charge in [0.15, 0.2) is 0 Å². The molecule has 0 radical (unpaired) electrons. The van der Waals surface area contributed by atoms with Crippen molar-refractivity contribution in [2.75, 3.05) is 24.5 Å². The second-order valence-corrected chi connectivity index (χ2v) is 8.07.